The van der Waals surface area contributed by atoms with E-state index in [1.165, 1.54) is 0 Å². The van der Waals surface area contributed by atoms with Crippen molar-refractivity contribution < 1.29 is 135 Å². The molecule has 21 atom stereocenters. The van der Waals surface area contributed by atoms with Crippen molar-refractivity contribution in [2.24, 2.45) is 29.6 Å². The van der Waals surface area contributed by atoms with Gasteiger partial charge in [-0.25, -0.2) is 14.4 Å². The van der Waals surface area contributed by atoms with E-state index in [0.29, 0.717) is 19.3 Å². The van der Waals surface area contributed by atoms with E-state index in [9.17, 15) is 94.8 Å². The van der Waals surface area contributed by atoms with Crippen LogP contribution in [0, 0.1) is 29.6 Å². The zero-order chi connectivity index (χ0) is 60.4. The molecule has 0 aromatic heterocycles. The van der Waals surface area contributed by atoms with E-state index in [4.69, 9.17) is 39.7 Å². The lowest BCUT2D eigenvalue weighted by atomic mass is 9.78. The predicted octanol–water partition coefficient (Wildman–Crippen LogP) is -5.04. The van der Waals surface area contributed by atoms with Crippen molar-refractivity contribution in [1.29, 1.82) is 0 Å². The highest BCUT2D eigenvalue weighted by atomic mass is 16.7. The fraction of sp³-hybridized carbons (Fsp3) is 0.857. The molecule has 0 spiro atoms. The third kappa shape index (κ3) is 20.2. The van der Waals surface area contributed by atoms with Crippen LogP contribution in [0.2, 0.25) is 0 Å². The standard InChI is InChI=1S/C17H30N2O9.2C16H28O9/c1-4-5-8(2)15(24)18-7-11(22)13(23)14-12(19-9(3)20)10(21)6-17(27,28-14)16(25)26;2*1-3-4-8(2)10(18)5-9-11(19)6-16(24,15(22)23)25-14(9)13(21)12(20)7-17/h8,10-14,21-23,27H,4-7H2,1-3H3,(H,18,24)(H,19,20)(H,25,26);2*8-9,11-14,17,19-21,24H,3-7H2,1-2H3,(H,22,23). The molecule has 78 heavy (non-hydrogen) atoms. The molecule has 29 nitrogen and oxygen atoms in total. The quantitative estimate of drug-likeness (QED) is 0.0366. The Bertz CT molecular complexity index is 1850. The Morgan fingerprint density at radius 3 is 1.17 bits per heavy atom. The first-order chi connectivity index (χ1) is 36.1. The minimum absolute atomic E-state index is 0.203. The zero-order valence-corrected chi connectivity index (χ0v) is 45.0. The number of carboxylic acid groups (broad SMARTS) is 3. The van der Waals surface area contributed by atoms with Crippen LogP contribution in [0.1, 0.15) is 119 Å². The highest BCUT2D eigenvalue weighted by Crippen LogP contribution is 2.39. The molecule has 3 aliphatic rings. The minimum Gasteiger partial charge on any atom is -0.477 e. The average Bonchev–Trinajstić information content (AvgIpc) is 3.36. The first-order valence-electron chi connectivity index (χ1n) is 25.9. The summed E-state index contributed by atoms with van der Waals surface area (Å²) in [6.07, 6.45) is -17.8. The molecule has 0 aliphatic carbocycles. The molecule has 3 aliphatic heterocycles. The summed E-state index contributed by atoms with van der Waals surface area (Å²) >= 11 is 0. The van der Waals surface area contributed by atoms with Crippen molar-refractivity contribution in [3.05, 3.63) is 0 Å². The van der Waals surface area contributed by atoms with E-state index in [0.717, 1.165) is 26.2 Å². The number of carbonyl (C=O) groups is 7. The fourth-order valence-electron chi connectivity index (χ4n) is 9.26. The van der Waals surface area contributed by atoms with Crippen LogP contribution >= 0.6 is 0 Å². The molecule has 21 unspecified atom stereocenters. The third-order valence-electron chi connectivity index (χ3n) is 14.1. The van der Waals surface area contributed by atoms with E-state index >= 15 is 0 Å². The van der Waals surface area contributed by atoms with Crippen molar-refractivity contribution in [2.45, 2.75) is 216 Å². The van der Waals surface area contributed by atoms with Gasteiger partial charge in [0.15, 0.2) is 0 Å². The number of aliphatic carboxylic acids is 3. The molecule has 0 saturated carbocycles. The number of hydrogen-bond acceptors (Lipinski definition) is 24. The van der Waals surface area contributed by atoms with Gasteiger partial charge >= 0.3 is 17.9 Å². The van der Waals surface area contributed by atoms with Crippen LogP contribution in [0.15, 0.2) is 0 Å². The highest BCUT2D eigenvalue weighted by Gasteiger charge is 2.56. The predicted molar refractivity (Wildman–Crippen MR) is 264 cm³/mol. The first kappa shape index (κ1) is 72.0. The Morgan fingerprint density at radius 1 is 0.526 bits per heavy atom. The van der Waals surface area contributed by atoms with Gasteiger partial charge in [0, 0.05) is 75.2 Å². The summed E-state index contributed by atoms with van der Waals surface area (Å²) in [4.78, 5) is 81.6. The molecule has 2 amide bonds. The van der Waals surface area contributed by atoms with Crippen LogP contribution in [0.5, 0.6) is 0 Å². The lowest BCUT2D eigenvalue weighted by Crippen LogP contribution is -2.67. The maximum absolute atomic E-state index is 12.3. The fourth-order valence-corrected chi connectivity index (χ4v) is 9.26. The number of aliphatic hydroxyl groups is 14. The summed E-state index contributed by atoms with van der Waals surface area (Å²) in [6.45, 7) is 10.0. The lowest BCUT2D eigenvalue weighted by Gasteiger charge is -2.44. The van der Waals surface area contributed by atoms with Crippen molar-refractivity contribution in [3.63, 3.8) is 0 Å². The molecule has 0 aromatic rings. The van der Waals surface area contributed by atoms with Gasteiger partial charge in [-0.1, -0.05) is 60.8 Å². The van der Waals surface area contributed by atoms with Gasteiger partial charge in [0.2, 0.25) is 11.8 Å². The summed E-state index contributed by atoms with van der Waals surface area (Å²) in [7, 11) is 0. The average molecular weight is 1140 g/mol. The van der Waals surface area contributed by atoms with Gasteiger partial charge in [0.05, 0.1) is 55.9 Å². The number of carbonyl (C=O) groups excluding carboxylic acids is 4. The third-order valence-corrected chi connectivity index (χ3v) is 14.1. The molecule has 3 rings (SSSR count). The number of aliphatic hydroxyl groups excluding tert-OH is 11. The summed E-state index contributed by atoms with van der Waals surface area (Å²) in [6, 6.07) is -1.28. The second-order valence-corrected chi connectivity index (χ2v) is 20.6. The smallest absolute Gasteiger partial charge is 0.364 e. The first-order valence-corrected chi connectivity index (χ1v) is 25.9. The molecular weight excluding hydrogens is 1050 g/mol. The molecule has 0 aromatic carbocycles. The largest absolute Gasteiger partial charge is 0.477 e. The van der Waals surface area contributed by atoms with Crippen LogP contribution in [0.3, 0.4) is 0 Å². The van der Waals surface area contributed by atoms with E-state index in [2.05, 4.69) is 10.6 Å². The van der Waals surface area contributed by atoms with Gasteiger partial charge in [-0.05, 0) is 19.3 Å². The van der Waals surface area contributed by atoms with Crippen LogP contribution in [-0.2, 0) is 47.8 Å². The number of rotatable bonds is 27. The summed E-state index contributed by atoms with van der Waals surface area (Å²) in [5, 5.41) is 171. The molecule has 454 valence electrons. The Hall–Kier alpha value is -3.99. The molecule has 29 heteroatoms. The molecule has 3 heterocycles. The number of hydrogen-bond donors (Lipinski definition) is 19. The summed E-state index contributed by atoms with van der Waals surface area (Å²) in [5.41, 5.74) is 0. The number of amides is 2. The van der Waals surface area contributed by atoms with E-state index < -0.39 is 165 Å². The molecule has 19 N–H and O–H groups in total. The van der Waals surface area contributed by atoms with Crippen molar-refractivity contribution in [3.8, 4) is 0 Å². The van der Waals surface area contributed by atoms with Gasteiger partial charge in [0.25, 0.3) is 17.4 Å². The van der Waals surface area contributed by atoms with E-state index in [1.807, 2.05) is 20.8 Å². The minimum atomic E-state index is -2.81. The number of carboxylic acids is 3. The van der Waals surface area contributed by atoms with Crippen LogP contribution in [-0.4, -0.2) is 245 Å². The summed E-state index contributed by atoms with van der Waals surface area (Å²) in [5.74, 6) is -17.9. The molecular formula is C49H86N2O27. The molecule has 0 bridgehead atoms. The number of ketones is 2. The SMILES string of the molecule is CCCC(C)C(=O)CC1C(O)CC(O)(C(=O)O)OC1C(O)C(O)CO.CCCC(C)C(=O)CC1C(O)CC(O)(C(=O)O)OC1C(O)C(O)CO.CCCC(C)C(=O)NCC(O)C(O)C1OC(O)(C(=O)O)CC(O)C1NC(C)=O. The monoisotopic (exact) mass is 1130 g/mol. The number of Topliss-reactive ketones (excluding diaryl/α,β-unsaturated/α-hetero) is 2. The lowest BCUT2D eigenvalue weighted by molar-refractivity contribution is -0.304. The zero-order valence-electron chi connectivity index (χ0n) is 45.0. The Labute approximate surface area is 450 Å². The maximum Gasteiger partial charge on any atom is 0.364 e. The van der Waals surface area contributed by atoms with Crippen LogP contribution < -0.4 is 10.6 Å². The van der Waals surface area contributed by atoms with Crippen molar-refractivity contribution in [2.75, 3.05) is 19.8 Å². The number of nitrogens with one attached hydrogen (secondary N) is 2. The summed E-state index contributed by atoms with van der Waals surface area (Å²) < 4.78 is 15.2. The Balaban J connectivity index is 0.000000586. The van der Waals surface area contributed by atoms with E-state index in [1.54, 1.807) is 20.8 Å². The second-order valence-electron chi connectivity index (χ2n) is 20.6. The Morgan fingerprint density at radius 2 is 0.846 bits per heavy atom. The van der Waals surface area contributed by atoms with Crippen LogP contribution in [0.4, 0.5) is 0 Å². The van der Waals surface area contributed by atoms with Gasteiger partial charge in [-0.15, -0.1) is 0 Å². The van der Waals surface area contributed by atoms with Gasteiger partial charge in [-0.3, -0.25) is 19.2 Å². The van der Waals surface area contributed by atoms with Gasteiger partial charge in [-0.2, -0.15) is 0 Å². The molecule has 3 fully saturated rings. The van der Waals surface area contributed by atoms with Crippen molar-refractivity contribution in [1.82, 2.24) is 10.6 Å². The topological polar surface area (TPSA) is 515 Å². The van der Waals surface area contributed by atoms with Crippen LogP contribution in [0.25, 0.3) is 0 Å². The Kier molecular flexibility index (Phi) is 30.0. The molecule has 3 saturated heterocycles. The van der Waals surface area contributed by atoms with Gasteiger partial charge < -0.3 is 112 Å². The van der Waals surface area contributed by atoms with E-state index in [-0.39, 0.29) is 54.6 Å². The van der Waals surface area contributed by atoms with Crippen molar-refractivity contribution >= 4 is 41.3 Å². The second kappa shape index (κ2) is 32.5. The molecule has 0 radical (unpaired) electrons. The normalized spacial score (nSPS) is 32.5. The number of ether oxygens (including phenoxy) is 3. The maximum atomic E-state index is 12.3. The highest BCUT2D eigenvalue weighted by molar-refractivity contribution is 5.82. The van der Waals surface area contributed by atoms with Gasteiger partial charge in [0.1, 0.15) is 48.2 Å².